The number of hydrogen-bond acceptors (Lipinski definition) is 2. The van der Waals surface area contributed by atoms with E-state index in [1.165, 1.54) is 30.0 Å². The number of hydrogen-bond donors (Lipinski definition) is 1. The lowest BCUT2D eigenvalue weighted by atomic mass is 9.92. The summed E-state index contributed by atoms with van der Waals surface area (Å²) in [5, 5.41) is 0. The van der Waals surface area contributed by atoms with Gasteiger partial charge in [-0.1, -0.05) is 6.07 Å². The SMILES string of the molecule is Nc1cc(F)c(Br)cc1Oc1ccc2c(c1)CCCC2. The van der Waals surface area contributed by atoms with Crippen LogP contribution in [0.25, 0.3) is 0 Å². The van der Waals surface area contributed by atoms with Crippen LogP contribution in [0.5, 0.6) is 11.5 Å². The quantitative estimate of drug-likeness (QED) is 0.797. The molecule has 0 saturated carbocycles. The van der Waals surface area contributed by atoms with E-state index in [2.05, 4.69) is 28.1 Å². The van der Waals surface area contributed by atoms with Crippen LogP contribution in [0.2, 0.25) is 0 Å². The van der Waals surface area contributed by atoms with Gasteiger partial charge in [-0.05, 0) is 64.9 Å². The van der Waals surface area contributed by atoms with Crippen molar-refractivity contribution < 1.29 is 9.13 Å². The molecule has 0 bridgehead atoms. The summed E-state index contributed by atoms with van der Waals surface area (Å²) in [6, 6.07) is 8.94. The molecule has 0 saturated heterocycles. The van der Waals surface area contributed by atoms with Gasteiger partial charge >= 0.3 is 0 Å². The first-order valence-corrected chi connectivity index (χ1v) is 7.47. The standard InChI is InChI=1S/C16H15BrFNO/c17-13-8-16(15(19)9-14(13)18)20-12-6-5-10-3-1-2-4-11(10)7-12/h5-9H,1-4,19H2. The normalized spacial score (nSPS) is 13.9. The van der Waals surface area contributed by atoms with Gasteiger partial charge in [0.2, 0.25) is 0 Å². The number of aryl methyl sites for hydroxylation is 2. The molecule has 1 aliphatic rings. The highest BCUT2D eigenvalue weighted by atomic mass is 79.9. The molecular weight excluding hydrogens is 321 g/mol. The fraction of sp³-hybridized carbons (Fsp3) is 0.250. The van der Waals surface area contributed by atoms with Gasteiger partial charge in [0.15, 0.2) is 5.75 Å². The predicted molar refractivity (Wildman–Crippen MR) is 81.7 cm³/mol. The summed E-state index contributed by atoms with van der Waals surface area (Å²) >= 11 is 3.14. The minimum atomic E-state index is -0.389. The first-order valence-electron chi connectivity index (χ1n) is 6.67. The molecule has 4 heteroatoms. The minimum absolute atomic E-state index is 0.295. The van der Waals surface area contributed by atoms with Crippen molar-refractivity contribution in [2.24, 2.45) is 0 Å². The zero-order valence-electron chi connectivity index (χ0n) is 11.0. The van der Waals surface area contributed by atoms with Crippen LogP contribution < -0.4 is 10.5 Å². The number of fused-ring (bicyclic) bond motifs is 1. The van der Waals surface area contributed by atoms with Gasteiger partial charge in [-0.25, -0.2) is 4.39 Å². The van der Waals surface area contributed by atoms with Crippen molar-refractivity contribution in [3.05, 3.63) is 51.7 Å². The monoisotopic (exact) mass is 335 g/mol. The van der Waals surface area contributed by atoms with Gasteiger partial charge in [-0.2, -0.15) is 0 Å². The lowest BCUT2D eigenvalue weighted by Crippen LogP contribution is -2.02. The molecule has 2 nitrogen and oxygen atoms in total. The highest BCUT2D eigenvalue weighted by molar-refractivity contribution is 9.10. The summed E-state index contributed by atoms with van der Waals surface area (Å²) in [4.78, 5) is 0. The number of nitrogens with two attached hydrogens (primary N) is 1. The van der Waals surface area contributed by atoms with E-state index in [-0.39, 0.29) is 5.82 Å². The van der Waals surface area contributed by atoms with Gasteiger partial charge in [0.1, 0.15) is 11.6 Å². The molecule has 3 rings (SSSR count). The number of benzene rings is 2. The van der Waals surface area contributed by atoms with E-state index in [1.807, 2.05) is 6.07 Å². The van der Waals surface area contributed by atoms with E-state index in [4.69, 9.17) is 10.5 Å². The lowest BCUT2D eigenvalue weighted by molar-refractivity contribution is 0.480. The summed E-state index contributed by atoms with van der Waals surface area (Å²) < 4.78 is 19.5. The van der Waals surface area contributed by atoms with Gasteiger partial charge in [-0.15, -0.1) is 0 Å². The molecule has 104 valence electrons. The molecule has 0 atom stereocenters. The first kappa shape index (κ1) is 13.4. The predicted octanol–water partition coefficient (Wildman–Crippen LogP) is 4.84. The Morgan fingerprint density at radius 1 is 1.05 bits per heavy atom. The summed E-state index contributed by atoms with van der Waals surface area (Å²) in [5.41, 5.74) is 8.83. The average Bonchev–Trinajstić information content (AvgIpc) is 2.44. The third-order valence-corrected chi connectivity index (χ3v) is 4.21. The first-order chi connectivity index (χ1) is 9.63. The van der Waals surface area contributed by atoms with Crippen molar-refractivity contribution in [2.45, 2.75) is 25.7 Å². The Labute approximate surface area is 125 Å². The van der Waals surface area contributed by atoms with E-state index < -0.39 is 0 Å². The molecule has 20 heavy (non-hydrogen) atoms. The third-order valence-electron chi connectivity index (χ3n) is 3.60. The number of halogens is 2. The maximum atomic E-state index is 13.3. The summed E-state index contributed by atoms with van der Waals surface area (Å²) in [6.45, 7) is 0. The highest BCUT2D eigenvalue weighted by Crippen LogP contribution is 2.34. The van der Waals surface area contributed by atoms with Crippen molar-refractivity contribution >= 4 is 21.6 Å². The Hall–Kier alpha value is -1.55. The summed E-state index contributed by atoms with van der Waals surface area (Å²) in [7, 11) is 0. The van der Waals surface area contributed by atoms with Crippen LogP contribution in [0, 0.1) is 5.82 Å². The number of nitrogen functional groups attached to an aromatic ring is 1. The molecule has 2 aromatic carbocycles. The number of rotatable bonds is 2. The Morgan fingerprint density at radius 2 is 1.80 bits per heavy atom. The topological polar surface area (TPSA) is 35.2 Å². The second-order valence-corrected chi connectivity index (χ2v) is 5.90. The van der Waals surface area contributed by atoms with E-state index in [0.717, 1.165) is 18.6 Å². The second-order valence-electron chi connectivity index (χ2n) is 5.04. The number of anilines is 1. The molecule has 0 spiro atoms. The van der Waals surface area contributed by atoms with Crippen LogP contribution >= 0.6 is 15.9 Å². The van der Waals surface area contributed by atoms with Gasteiger partial charge in [0.05, 0.1) is 10.2 Å². The molecule has 0 amide bonds. The van der Waals surface area contributed by atoms with Crippen LogP contribution in [0.3, 0.4) is 0 Å². The van der Waals surface area contributed by atoms with E-state index in [1.54, 1.807) is 6.07 Å². The molecule has 2 aromatic rings. The van der Waals surface area contributed by atoms with Crippen molar-refractivity contribution in [3.8, 4) is 11.5 Å². The van der Waals surface area contributed by atoms with Crippen LogP contribution in [-0.2, 0) is 12.8 Å². The zero-order valence-corrected chi connectivity index (χ0v) is 12.5. The maximum Gasteiger partial charge on any atom is 0.151 e. The summed E-state index contributed by atoms with van der Waals surface area (Å²) in [5.74, 6) is 0.824. The smallest absolute Gasteiger partial charge is 0.151 e. The Kier molecular flexibility index (Phi) is 3.66. The van der Waals surface area contributed by atoms with Crippen molar-refractivity contribution in [3.63, 3.8) is 0 Å². The van der Waals surface area contributed by atoms with Gasteiger partial charge in [0.25, 0.3) is 0 Å². The molecule has 1 aliphatic carbocycles. The van der Waals surface area contributed by atoms with Crippen molar-refractivity contribution in [1.82, 2.24) is 0 Å². The molecule has 2 N–H and O–H groups in total. The fourth-order valence-electron chi connectivity index (χ4n) is 2.53. The van der Waals surface area contributed by atoms with Gasteiger partial charge in [0, 0.05) is 12.1 Å². The van der Waals surface area contributed by atoms with E-state index >= 15 is 0 Å². The minimum Gasteiger partial charge on any atom is -0.455 e. The zero-order chi connectivity index (χ0) is 14.1. The maximum absolute atomic E-state index is 13.3. The Balaban J connectivity index is 1.89. The van der Waals surface area contributed by atoms with Gasteiger partial charge in [-0.3, -0.25) is 0 Å². The molecule has 0 unspecified atom stereocenters. The van der Waals surface area contributed by atoms with Gasteiger partial charge < -0.3 is 10.5 Å². The number of ether oxygens (including phenoxy) is 1. The summed E-state index contributed by atoms with van der Waals surface area (Å²) in [6.07, 6.45) is 4.71. The molecule has 0 fully saturated rings. The molecule has 0 aromatic heterocycles. The molecule has 0 heterocycles. The molecule has 0 aliphatic heterocycles. The fourth-order valence-corrected chi connectivity index (χ4v) is 2.85. The molecular formula is C16H15BrFNO. The lowest BCUT2D eigenvalue weighted by Gasteiger charge is -2.17. The Morgan fingerprint density at radius 3 is 2.60 bits per heavy atom. The second kappa shape index (κ2) is 5.44. The van der Waals surface area contributed by atoms with Crippen LogP contribution in [0.15, 0.2) is 34.8 Å². The van der Waals surface area contributed by atoms with Crippen LogP contribution in [-0.4, -0.2) is 0 Å². The highest BCUT2D eigenvalue weighted by Gasteiger charge is 2.12. The Bertz CT molecular complexity index is 657. The van der Waals surface area contributed by atoms with Crippen LogP contribution in [0.1, 0.15) is 24.0 Å². The average molecular weight is 336 g/mol. The van der Waals surface area contributed by atoms with Crippen molar-refractivity contribution in [1.29, 1.82) is 0 Å². The van der Waals surface area contributed by atoms with E-state index in [9.17, 15) is 4.39 Å². The van der Waals surface area contributed by atoms with Crippen molar-refractivity contribution in [2.75, 3.05) is 5.73 Å². The molecule has 0 radical (unpaired) electrons. The van der Waals surface area contributed by atoms with E-state index in [0.29, 0.717) is 15.9 Å². The largest absolute Gasteiger partial charge is 0.455 e. The van der Waals surface area contributed by atoms with Crippen LogP contribution in [0.4, 0.5) is 10.1 Å². The third kappa shape index (κ3) is 2.66.